The Morgan fingerprint density at radius 3 is 2.32 bits per heavy atom. The fourth-order valence-electron chi connectivity index (χ4n) is 1.92. The number of rotatable bonds is 6. The summed E-state index contributed by atoms with van der Waals surface area (Å²) >= 11 is 0. The zero-order valence-corrected chi connectivity index (χ0v) is 11.0. The summed E-state index contributed by atoms with van der Waals surface area (Å²) in [7, 11) is 1.69. The number of ether oxygens (including phenoxy) is 1. The first-order valence-corrected chi connectivity index (χ1v) is 6.30. The van der Waals surface area contributed by atoms with Crippen LogP contribution in [-0.2, 0) is 24.4 Å². The van der Waals surface area contributed by atoms with Gasteiger partial charge >= 0.3 is 0 Å². The molecule has 100 valence electrons. The Morgan fingerprint density at radius 1 is 0.947 bits per heavy atom. The maximum absolute atomic E-state index is 13.0. The lowest BCUT2D eigenvalue weighted by Crippen LogP contribution is -2.12. The van der Waals surface area contributed by atoms with Crippen molar-refractivity contribution in [1.82, 2.24) is 5.32 Å². The van der Waals surface area contributed by atoms with Gasteiger partial charge < -0.3 is 10.1 Å². The fraction of sp³-hybridized carbons (Fsp3) is 0.250. The highest BCUT2D eigenvalue weighted by Crippen LogP contribution is 2.06. The summed E-state index contributed by atoms with van der Waals surface area (Å²) in [6, 6.07) is 14.9. The van der Waals surface area contributed by atoms with E-state index in [4.69, 9.17) is 4.74 Å². The van der Waals surface area contributed by atoms with Crippen LogP contribution in [0.2, 0.25) is 0 Å². The lowest BCUT2D eigenvalue weighted by atomic mass is 10.1. The van der Waals surface area contributed by atoms with Crippen LogP contribution in [0.15, 0.2) is 48.5 Å². The summed E-state index contributed by atoms with van der Waals surface area (Å²) in [5.41, 5.74) is 3.32. The number of halogens is 1. The standard InChI is InChI=1S/C16H18FNO/c1-19-12-14-7-5-13(6-8-14)10-18-11-15-3-2-4-16(17)9-15/h2-9,18H,10-12H2,1H3. The highest BCUT2D eigenvalue weighted by atomic mass is 19.1. The van der Waals surface area contributed by atoms with Gasteiger partial charge in [0, 0.05) is 20.2 Å². The first-order chi connectivity index (χ1) is 9.28. The van der Waals surface area contributed by atoms with Gasteiger partial charge in [0.25, 0.3) is 0 Å². The smallest absolute Gasteiger partial charge is 0.123 e. The third-order valence-corrected chi connectivity index (χ3v) is 2.88. The van der Waals surface area contributed by atoms with Crippen molar-refractivity contribution in [2.75, 3.05) is 7.11 Å². The van der Waals surface area contributed by atoms with Crippen LogP contribution in [0.1, 0.15) is 16.7 Å². The quantitative estimate of drug-likeness (QED) is 0.859. The van der Waals surface area contributed by atoms with Gasteiger partial charge in [-0.2, -0.15) is 0 Å². The van der Waals surface area contributed by atoms with E-state index < -0.39 is 0 Å². The van der Waals surface area contributed by atoms with Gasteiger partial charge in [-0.05, 0) is 28.8 Å². The van der Waals surface area contributed by atoms with E-state index in [0.29, 0.717) is 13.2 Å². The Kier molecular flexibility index (Phi) is 5.07. The van der Waals surface area contributed by atoms with Crippen LogP contribution in [0.5, 0.6) is 0 Å². The molecule has 0 unspecified atom stereocenters. The molecular formula is C16H18FNO. The van der Waals surface area contributed by atoms with Crippen molar-refractivity contribution < 1.29 is 9.13 Å². The lowest BCUT2D eigenvalue weighted by Gasteiger charge is -2.06. The number of hydrogen-bond donors (Lipinski definition) is 1. The van der Waals surface area contributed by atoms with E-state index in [0.717, 1.165) is 17.7 Å². The number of methoxy groups -OCH3 is 1. The monoisotopic (exact) mass is 259 g/mol. The fourth-order valence-corrected chi connectivity index (χ4v) is 1.92. The molecule has 0 aromatic heterocycles. The summed E-state index contributed by atoms with van der Waals surface area (Å²) in [4.78, 5) is 0. The molecule has 2 aromatic rings. The first kappa shape index (κ1) is 13.7. The second kappa shape index (κ2) is 7.02. The second-order valence-corrected chi connectivity index (χ2v) is 4.48. The molecule has 3 heteroatoms. The molecule has 1 N–H and O–H groups in total. The van der Waals surface area contributed by atoms with E-state index in [1.807, 2.05) is 6.07 Å². The van der Waals surface area contributed by atoms with Gasteiger partial charge in [-0.15, -0.1) is 0 Å². The van der Waals surface area contributed by atoms with Gasteiger partial charge in [0.2, 0.25) is 0 Å². The van der Waals surface area contributed by atoms with Crippen LogP contribution >= 0.6 is 0 Å². The Hall–Kier alpha value is -1.71. The van der Waals surface area contributed by atoms with Crippen molar-refractivity contribution >= 4 is 0 Å². The van der Waals surface area contributed by atoms with Gasteiger partial charge in [0.1, 0.15) is 5.82 Å². The molecule has 0 bridgehead atoms. The maximum Gasteiger partial charge on any atom is 0.123 e. The molecule has 0 aliphatic carbocycles. The van der Waals surface area contributed by atoms with Crippen molar-refractivity contribution in [3.8, 4) is 0 Å². The highest BCUT2D eigenvalue weighted by Gasteiger charge is 1.97. The van der Waals surface area contributed by atoms with Crippen LogP contribution in [0.25, 0.3) is 0 Å². The van der Waals surface area contributed by atoms with Crippen LogP contribution in [0.3, 0.4) is 0 Å². The van der Waals surface area contributed by atoms with Gasteiger partial charge in [0.15, 0.2) is 0 Å². The van der Waals surface area contributed by atoms with E-state index in [2.05, 4.69) is 29.6 Å². The molecular weight excluding hydrogens is 241 g/mol. The Bertz CT molecular complexity index is 510. The average molecular weight is 259 g/mol. The summed E-state index contributed by atoms with van der Waals surface area (Å²) < 4.78 is 18.1. The summed E-state index contributed by atoms with van der Waals surface area (Å²) in [5, 5.41) is 3.30. The van der Waals surface area contributed by atoms with Gasteiger partial charge in [-0.1, -0.05) is 36.4 Å². The Labute approximate surface area is 113 Å². The minimum atomic E-state index is -0.191. The van der Waals surface area contributed by atoms with Crippen LogP contribution in [-0.4, -0.2) is 7.11 Å². The lowest BCUT2D eigenvalue weighted by molar-refractivity contribution is 0.185. The zero-order valence-electron chi connectivity index (χ0n) is 11.0. The molecule has 0 aliphatic heterocycles. The van der Waals surface area contributed by atoms with E-state index >= 15 is 0 Å². The van der Waals surface area contributed by atoms with Crippen molar-refractivity contribution in [2.45, 2.75) is 19.7 Å². The topological polar surface area (TPSA) is 21.3 Å². The van der Waals surface area contributed by atoms with Crippen LogP contribution in [0.4, 0.5) is 4.39 Å². The predicted molar refractivity (Wildman–Crippen MR) is 74.1 cm³/mol. The summed E-state index contributed by atoms with van der Waals surface area (Å²) in [6.07, 6.45) is 0. The molecule has 0 aliphatic rings. The molecule has 2 rings (SSSR count). The van der Waals surface area contributed by atoms with Gasteiger partial charge in [-0.25, -0.2) is 4.39 Å². The van der Waals surface area contributed by atoms with Crippen molar-refractivity contribution in [3.63, 3.8) is 0 Å². The largest absolute Gasteiger partial charge is 0.380 e. The van der Waals surface area contributed by atoms with Crippen molar-refractivity contribution in [1.29, 1.82) is 0 Å². The van der Waals surface area contributed by atoms with Crippen LogP contribution in [0, 0.1) is 5.82 Å². The molecule has 0 heterocycles. The number of hydrogen-bond acceptors (Lipinski definition) is 2. The van der Waals surface area contributed by atoms with Gasteiger partial charge in [-0.3, -0.25) is 0 Å². The SMILES string of the molecule is COCc1ccc(CNCc2cccc(F)c2)cc1. The Balaban J connectivity index is 1.82. The normalized spacial score (nSPS) is 10.6. The van der Waals surface area contributed by atoms with E-state index in [9.17, 15) is 4.39 Å². The molecule has 0 radical (unpaired) electrons. The number of nitrogens with one attached hydrogen (secondary N) is 1. The van der Waals surface area contributed by atoms with Gasteiger partial charge in [0.05, 0.1) is 6.61 Å². The summed E-state index contributed by atoms with van der Waals surface area (Å²) in [6.45, 7) is 2.07. The minimum absolute atomic E-state index is 0.191. The van der Waals surface area contributed by atoms with Crippen molar-refractivity contribution in [2.24, 2.45) is 0 Å². The third-order valence-electron chi connectivity index (χ3n) is 2.88. The zero-order chi connectivity index (χ0) is 13.5. The number of benzene rings is 2. The maximum atomic E-state index is 13.0. The highest BCUT2D eigenvalue weighted by molar-refractivity contribution is 5.22. The van der Waals surface area contributed by atoms with E-state index in [1.165, 1.54) is 11.6 Å². The minimum Gasteiger partial charge on any atom is -0.380 e. The van der Waals surface area contributed by atoms with E-state index in [1.54, 1.807) is 19.2 Å². The predicted octanol–water partition coefficient (Wildman–Crippen LogP) is 3.26. The molecule has 0 amide bonds. The molecule has 0 atom stereocenters. The van der Waals surface area contributed by atoms with E-state index in [-0.39, 0.29) is 5.82 Å². The third kappa shape index (κ3) is 4.47. The molecule has 0 saturated heterocycles. The average Bonchev–Trinajstić information content (AvgIpc) is 2.41. The van der Waals surface area contributed by atoms with Crippen LogP contribution < -0.4 is 5.32 Å². The molecule has 0 saturated carbocycles. The summed E-state index contributed by atoms with van der Waals surface area (Å²) in [5.74, 6) is -0.191. The van der Waals surface area contributed by atoms with Crippen molar-refractivity contribution in [3.05, 3.63) is 71.0 Å². The Morgan fingerprint density at radius 2 is 1.63 bits per heavy atom. The first-order valence-electron chi connectivity index (χ1n) is 6.30. The second-order valence-electron chi connectivity index (χ2n) is 4.48. The molecule has 0 spiro atoms. The molecule has 2 aromatic carbocycles. The molecule has 0 fully saturated rings. The molecule has 2 nitrogen and oxygen atoms in total. The molecule has 19 heavy (non-hydrogen) atoms.